The maximum atomic E-state index is 15.1. The smallest absolute Gasteiger partial charge is 0.422 e. The number of pyridine rings is 2. The number of aliphatic carboxylic acids is 1. The van der Waals surface area contributed by atoms with Gasteiger partial charge in [0, 0.05) is 42.0 Å². The van der Waals surface area contributed by atoms with Gasteiger partial charge in [-0.2, -0.15) is 26.3 Å². The number of nitrogens with zero attached hydrogens (tertiary/aromatic N) is 3. The summed E-state index contributed by atoms with van der Waals surface area (Å²) in [6, 6.07) is 3.53. The van der Waals surface area contributed by atoms with E-state index in [4.69, 9.17) is 9.47 Å². The Morgan fingerprint density at radius 3 is 2.40 bits per heavy atom. The number of benzene rings is 2. The molecular formula is C31H24F8N4O5. The van der Waals surface area contributed by atoms with Crippen molar-refractivity contribution in [3.05, 3.63) is 83.2 Å². The fourth-order valence-corrected chi connectivity index (χ4v) is 5.47. The molecule has 1 fully saturated rings. The zero-order valence-electron chi connectivity index (χ0n) is 24.6. The molecule has 1 aliphatic heterocycles. The number of alkyl halides is 6. The van der Waals surface area contributed by atoms with E-state index in [2.05, 4.69) is 9.97 Å². The first-order valence-corrected chi connectivity index (χ1v) is 14.0. The summed E-state index contributed by atoms with van der Waals surface area (Å²) in [5.41, 5.74) is -3.27. The van der Waals surface area contributed by atoms with Crippen LogP contribution in [0.4, 0.5) is 40.8 Å². The molecule has 4 aromatic rings. The number of fused-ring (bicyclic) bond motifs is 1. The summed E-state index contributed by atoms with van der Waals surface area (Å²) >= 11 is 0. The van der Waals surface area contributed by atoms with Crippen molar-refractivity contribution in [3.63, 3.8) is 0 Å². The fourth-order valence-electron chi connectivity index (χ4n) is 5.47. The third-order valence-corrected chi connectivity index (χ3v) is 7.65. The Kier molecular flexibility index (Phi) is 9.44. The largest absolute Gasteiger partial charge is 0.496 e. The van der Waals surface area contributed by atoms with Gasteiger partial charge in [-0.3, -0.25) is 14.8 Å². The number of methoxy groups -OCH3 is 1. The molecule has 0 radical (unpaired) electrons. The molecule has 1 amide bonds. The van der Waals surface area contributed by atoms with Crippen LogP contribution in [0.3, 0.4) is 0 Å². The minimum Gasteiger partial charge on any atom is -0.496 e. The summed E-state index contributed by atoms with van der Waals surface area (Å²) in [5, 5.41) is 12.1. The molecule has 48 heavy (non-hydrogen) atoms. The summed E-state index contributed by atoms with van der Waals surface area (Å²) in [7, 11) is 1.06. The highest BCUT2D eigenvalue weighted by Gasteiger charge is 2.46. The van der Waals surface area contributed by atoms with Crippen LogP contribution >= 0.6 is 0 Å². The molecule has 17 heteroatoms. The lowest BCUT2D eigenvalue weighted by Crippen LogP contribution is -2.53. The maximum absolute atomic E-state index is 15.1. The van der Waals surface area contributed by atoms with E-state index in [0.717, 1.165) is 19.4 Å². The third kappa shape index (κ3) is 6.81. The van der Waals surface area contributed by atoms with Crippen LogP contribution in [0.25, 0.3) is 22.2 Å². The SMILES string of the molecule is COc1ccnc(-c2ccc(C[C@H](NC(=O)c3c(F)cc(N4CCOC[C@@H]4C(F)(F)F)cc3F)C(=O)O)c3cccnc23)c1C(F)(F)F. The van der Waals surface area contributed by atoms with Crippen LogP contribution < -0.4 is 15.0 Å². The Labute approximate surface area is 266 Å². The number of amides is 1. The van der Waals surface area contributed by atoms with Crippen LogP contribution in [0.1, 0.15) is 21.5 Å². The number of halogens is 8. The average Bonchev–Trinajstić information content (AvgIpc) is 3.03. The topological polar surface area (TPSA) is 114 Å². The Hall–Kier alpha value is -5.06. The summed E-state index contributed by atoms with van der Waals surface area (Å²) < 4.78 is 123. The van der Waals surface area contributed by atoms with E-state index in [1.165, 1.54) is 30.5 Å². The third-order valence-electron chi connectivity index (χ3n) is 7.65. The molecule has 2 atom stereocenters. The molecule has 1 aliphatic rings. The molecule has 9 nitrogen and oxygen atoms in total. The predicted octanol–water partition coefficient (Wildman–Crippen LogP) is 5.80. The monoisotopic (exact) mass is 684 g/mol. The number of nitrogens with one attached hydrogen (secondary N) is 1. The van der Waals surface area contributed by atoms with Crippen LogP contribution in [0.15, 0.2) is 54.9 Å². The molecule has 0 spiro atoms. The first-order valence-electron chi connectivity index (χ1n) is 14.0. The molecular weight excluding hydrogens is 660 g/mol. The molecule has 0 unspecified atom stereocenters. The molecule has 2 aromatic heterocycles. The summed E-state index contributed by atoms with van der Waals surface area (Å²) in [6.07, 6.45) is -7.77. The number of anilines is 1. The molecule has 0 saturated carbocycles. The number of carbonyl (C=O) groups excluding carboxylic acids is 1. The molecule has 3 heterocycles. The number of morpholine rings is 1. The van der Waals surface area contributed by atoms with Crippen molar-refractivity contribution in [1.82, 2.24) is 15.3 Å². The van der Waals surface area contributed by atoms with Crippen molar-refractivity contribution >= 4 is 28.5 Å². The van der Waals surface area contributed by atoms with Crippen LogP contribution in [0.5, 0.6) is 5.75 Å². The van der Waals surface area contributed by atoms with E-state index in [9.17, 15) is 41.0 Å². The Bertz CT molecular complexity index is 1840. The quantitative estimate of drug-likeness (QED) is 0.224. The lowest BCUT2D eigenvalue weighted by Gasteiger charge is -2.38. The van der Waals surface area contributed by atoms with Crippen molar-refractivity contribution in [2.45, 2.75) is 30.9 Å². The average molecular weight is 685 g/mol. The fraction of sp³-hybridized carbons (Fsp3) is 0.290. The van der Waals surface area contributed by atoms with E-state index in [1.54, 1.807) is 0 Å². The van der Waals surface area contributed by atoms with Crippen LogP contribution in [0, 0.1) is 11.6 Å². The molecule has 1 saturated heterocycles. The number of carboxylic acid groups (broad SMARTS) is 1. The van der Waals surface area contributed by atoms with Crippen molar-refractivity contribution in [1.29, 1.82) is 0 Å². The lowest BCUT2D eigenvalue weighted by molar-refractivity contribution is -0.167. The van der Waals surface area contributed by atoms with Gasteiger partial charge in [0.25, 0.3) is 5.91 Å². The standard InChI is InChI=1S/C31H24F8N4O5/c1-47-22-6-8-41-27(25(22)31(37,38)39)18-5-4-15(17-3-2-7-40-26(17)18)11-21(29(45)46)42-28(44)24-19(32)12-16(13-20(24)33)43-9-10-48-14-23(43)30(34,35)36/h2-8,12-13,21,23H,9-11,14H2,1H3,(H,42,44)(H,45,46)/t21-,23+/m0/s1. The Morgan fingerprint density at radius 2 is 1.77 bits per heavy atom. The van der Waals surface area contributed by atoms with Gasteiger partial charge in [0.05, 0.1) is 31.5 Å². The van der Waals surface area contributed by atoms with Gasteiger partial charge in [-0.25, -0.2) is 13.6 Å². The zero-order valence-corrected chi connectivity index (χ0v) is 24.6. The van der Waals surface area contributed by atoms with Gasteiger partial charge in [0.2, 0.25) is 0 Å². The lowest BCUT2D eigenvalue weighted by atomic mass is 9.95. The highest BCUT2D eigenvalue weighted by Crippen LogP contribution is 2.43. The van der Waals surface area contributed by atoms with E-state index >= 15 is 8.78 Å². The second kappa shape index (κ2) is 13.2. The van der Waals surface area contributed by atoms with Crippen LogP contribution in [0.2, 0.25) is 0 Å². The van der Waals surface area contributed by atoms with Crippen molar-refractivity contribution in [2.75, 3.05) is 31.8 Å². The predicted molar refractivity (Wildman–Crippen MR) is 153 cm³/mol. The van der Waals surface area contributed by atoms with Gasteiger partial charge in [0.15, 0.2) is 0 Å². The first kappa shape index (κ1) is 34.3. The number of hydrogen-bond acceptors (Lipinski definition) is 7. The second-order valence-corrected chi connectivity index (χ2v) is 10.6. The minimum atomic E-state index is -4.88. The van der Waals surface area contributed by atoms with Gasteiger partial charge >= 0.3 is 18.3 Å². The van der Waals surface area contributed by atoms with Gasteiger partial charge < -0.3 is 24.8 Å². The number of carboxylic acids is 1. The Balaban J connectivity index is 1.46. The van der Waals surface area contributed by atoms with Gasteiger partial charge in [-0.05, 0) is 29.8 Å². The molecule has 0 bridgehead atoms. The van der Waals surface area contributed by atoms with Crippen molar-refractivity contribution in [2.24, 2.45) is 0 Å². The first-order chi connectivity index (χ1) is 22.6. The molecule has 5 rings (SSSR count). The number of hydrogen-bond donors (Lipinski definition) is 2. The van der Waals surface area contributed by atoms with Crippen molar-refractivity contribution < 1.29 is 59.3 Å². The summed E-state index contributed by atoms with van der Waals surface area (Å²) in [4.78, 5) is 34.0. The van der Waals surface area contributed by atoms with Crippen molar-refractivity contribution in [3.8, 4) is 17.0 Å². The second-order valence-electron chi connectivity index (χ2n) is 10.6. The number of rotatable bonds is 8. The number of ether oxygens (including phenoxy) is 2. The summed E-state index contributed by atoms with van der Waals surface area (Å²) in [5.74, 6) is -6.70. The van der Waals surface area contributed by atoms with E-state index < -0.39 is 89.2 Å². The highest BCUT2D eigenvalue weighted by atomic mass is 19.4. The molecule has 2 aromatic carbocycles. The normalized spacial score (nSPS) is 16.1. The van der Waals surface area contributed by atoms with Crippen LogP contribution in [-0.4, -0.2) is 72.1 Å². The molecule has 254 valence electrons. The van der Waals surface area contributed by atoms with Gasteiger partial charge in [-0.1, -0.05) is 18.2 Å². The van der Waals surface area contributed by atoms with Crippen LogP contribution in [-0.2, 0) is 22.1 Å². The number of carbonyl (C=O) groups is 2. The highest BCUT2D eigenvalue weighted by molar-refractivity contribution is 5.98. The molecule has 0 aliphatic carbocycles. The maximum Gasteiger partial charge on any atom is 0.422 e. The van der Waals surface area contributed by atoms with E-state index in [1.807, 2.05) is 5.32 Å². The van der Waals surface area contributed by atoms with Gasteiger partial charge in [-0.15, -0.1) is 0 Å². The molecule has 2 N–H and O–H groups in total. The summed E-state index contributed by atoms with van der Waals surface area (Å²) in [6.45, 7) is -1.27. The van der Waals surface area contributed by atoms with Gasteiger partial charge in [0.1, 0.15) is 40.6 Å². The van der Waals surface area contributed by atoms with E-state index in [-0.39, 0.29) is 35.2 Å². The zero-order chi connectivity index (χ0) is 35.0. The minimum absolute atomic E-state index is 0.00432. The Morgan fingerprint density at radius 1 is 1.06 bits per heavy atom. The van der Waals surface area contributed by atoms with E-state index in [0.29, 0.717) is 17.0 Å². The number of aromatic nitrogens is 2.